The summed E-state index contributed by atoms with van der Waals surface area (Å²) in [6.45, 7) is 1.05. The summed E-state index contributed by atoms with van der Waals surface area (Å²) in [6, 6.07) is 6.10. The van der Waals surface area contributed by atoms with E-state index < -0.39 is 6.09 Å². The predicted molar refractivity (Wildman–Crippen MR) is 108 cm³/mol. The average molecular weight is 418 g/mol. The summed E-state index contributed by atoms with van der Waals surface area (Å²) in [5.74, 6) is -0.400. The van der Waals surface area contributed by atoms with E-state index in [0.29, 0.717) is 19.5 Å². The molecule has 9 heteroatoms. The number of piperidine rings is 1. The highest BCUT2D eigenvalue weighted by Crippen LogP contribution is 2.33. The van der Waals surface area contributed by atoms with Gasteiger partial charge >= 0.3 is 12.1 Å². The van der Waals surface area contributed by atoms with Crippen molar-refractivity contribution in [3.63, 3.8) is 0 Å². The first-order chi connectivity index (χ1) is 14.5. The third kappa shape index (κ3) is 4.35. The summed E-state index contributed by atoms with van der Waals surface area (Å²) in [6.07, 6.45) is 2.05. The average Bonchev–Trinajstić information content (AvgIpc) is 3.49. The van der Waals surface area contributed by atoms with Crippen molar-refractivity contribution in [2.75, 3.05) is 26.8 Å². The number of nitrogens with zero attached hydrogens (tertiary/aromatic N) is 2. The Labute approximate surface area is 174 Å². The molecular formula is C21H27FN4O4. The molecule has 1 aromatic heterocycles. The number of aromatic nitrogens is 1. The molecule has 0 radical (unpaired) electrons. The molecule has 2 fully saturated rings. The Balaban J connectivity index is 1.45. The van der Waals surface area contributed by atoms with Gasteiger partial charge in [0.05, 0.1) is 19.7 Å². The number of fused-ring (bicyclic) bond motifs is 1. The van der Waals surface area contributed by atoms with Crippen LogP contribution < -0.4 is 5.32 Å². The third-order valence-corrected chi connectivity index (χ3v) is 5.84. The second kappa shape index (κ2) is 8.51. The minimum atomic E-state index is -0.445. The van der Waals surface area contributed by atoms with Crippen molar-refractivity contribution in [2.45, 2.75) is 37.9 Å². The lowest BCUT2D eigenvalue weighted by Gasteiger charge is -2.41. The van der Waals surface area contributed by atoms with E-state index in [4.69, 9.17) is 4.74 Å². The van der Waals surface area contributed by atoms with E-state index in [1.807, 2.05) is 11.0 Å². The first-order valence-corrected chi connectivity index (χ1v) is 10.3. The SMILES string of the molecule is COC(=O)N1C[C@@H](CO)C[C@@H](N(C(=O)NCc2cc3cc(F)ccc3[nH]2)C2CC2)C1. The molecule has 1 saturated heterocycles. The first kappa shape index (κ1) is 20.5. The third-order valence-electron chi connectivity index (χ3n) is 5.84. The number of ether oxygens (including phenoxy) is 1. The number of hydrogen-bond acceptors (Lipinski definition) is 4. The zero-order chi connectivity index (χ0) is 21.3. The quantitative estimate of drug-likeness (QED) is 0.695. The van der Waals surface area contributed by atoms with Gasteiger partial charge in [0.15, 0.2) is 0 Å². The number of amides is 3. The fraction of sp³-hybridized carbons (Fsp3) is 0.524. The van der Waals surface area contributed by atoms with Gasteiger partial charge in [-0.1, -0.05) is 0 Å². The Morgan fingerprint density at radius 1 is 1.30 bits per heavy atom. The standard InChI is InChI=1S/C21H27FN4O4/c1-30-21(29)25-10-13(12-27)6-18(11-25)26(17-3-4-17)20(28)23-9-16-8-14-7-15(22)2-5-19(14)24-16/h2,5,7-8,13,17-18,24,27H,3-4,6,9-12H2,1H3,(H,23,28)/t13-,18+/m0/s1. The maximum absolute atomic E-state index is 13.4. The van der Waals surface area contributed by atoms with E-state index in [1.54, 1.807) is 11.0 Å². The number of likely N-dealkylation sites (tertiary alicyclic amines) is 1. The minimum Gasteiger partial charge on any atom is -0.453 e. The lowest BCUT2D eigenvalue weighted by atomic mass is 9.94. The highest BCUT2D eigenvalue weighted by molar-refractivity contribution is 5.81. The number of rotatable bonds is 5. The second-order valence-corrected chi connectivity index (χ2v) is 8.14. The first-order valence-electron chi connectivity index (χ1n) is 10.3. The molecule has 162 valence electrons. The van der Waals surface area contributed by atoms with Crippen LogP contribution in [0.3, 0.4) is 0 Å². The molecule has 0 bridgehead atoms. The number of halogens is 1. The number of nitrogens with one attached hydrogen (secondary N) is 2. The summed E-state index contributed by atoms with van der Waals surface area (Å²) in [7, 11) is 1.33. The largest absolute Gasteiger partial charge is 0.453 e. The molecule has 30 heavy (non-hydrogen) atoms. The maximum Gasteiger partial charge on any atom is 0.409 e. The Bertz CT molecular complexity index is 929. The number of aliphatic hydroxyl groups excluding tert-OH is 1. The minimum absolute atomic E-state index is 0.0459. The summed E-state index contributed by atoms with van der Waals surface area (Å²) < 4.78 is 18.2. The van der Waals surface area contributed by atoms with E-state index >= 15 is 0 Å². The van der Waals surface area contributed by atoms with E-state index in [1.165, 1.54) is 19.2 Å². The summed E-state index contributed by atoms with van der Waals surface area (Å²) >= 11 is 0. The van der Waals surface area contributed by atoms with Gasteiger partial charge in [0, 0.05) is 48.3 Å². The van der Waals surface area contributed by atoms with Crippen molar-refractivity contribution in [1.82, 2.24) is 20.1 Å². The zero-order valence-electron chi connectivity index (χ0n) is 16.9. The number of aromatic amines is 1. The van der Waals surface area contributed by atoms with Gasteiger partial charge in [-0.3, -0.25) is 0 Å². The maximum atomic E-state index is 13.4. The number of methoxy groups -OCH3 is 1. The monoisotopic (exact) mass is 418 g/mol. The van der Waals surface area contributed by atoms with Gasteiger partial charge in [0.2, 0.25) is 0 Å². The van der Waals surface area contributed by atoms with Gasteiger partial charge in [-0.05, 0) is 43.5 Å². The molecule has 3 N–H and O–H groups in total. The van der Waals surface area contributed by atoms with E-state index in [0.717, 1.165) is 29.4 Å². The molecule has 1 aliphatic carbocycles. The van der Waals surface area contributed by atoms with Crippen LogP contribution in [-0.2, 0) is 11.3 Å². The highest BCUT2D eigenvalue weighted by atomic mass is 19.1. The number of carbonyl (C=O) groups is 2. The fourth-order valence-corrected chi connectivity index (χ4v) is 4.29. The molecule has 0 spiro atoms. The van der Waals surface area contributed by atoms with Crippen LogP contribution in [0.1, 0.15) is 25.0 Å². The molecule has 2 atom stereocenters. The number of urea groups is 1. The van der Waals surface area contributed by atoms with Gasteiger partial charge in [0.1, 0.15) is 5.82 Å². The lowest BCUT2D eigenvalue weighted by molar-refractivity contribution is 0.0464. The Morgan fingerprint density at radius 3 is 2.80 bits per heavy atom. The highest BCUT2D eigenvalue weighted by Gasteiger charge is 2.42. The molecule has 3 amide bonds. The predicted octanol–water partition coefficient (Wildman–Crippen LogP) is 2.43. The van der Waals surface area contributed by atoms with Crippen LogP contribution in [0, 0.1) is 11.7 Å². The molecule has 0 unspecified atom stereocenters. The number of benzene rings is 1. The van der Waals surface area contributed by atoms with Crippen LogP contribution in [0.4, 0.5) is 14.0 Å². The number of H-pyrrole nitrogens is 1. The molecule has 1 aliphatic heterocycles. The van der Waals surface area contributed by atoms with E-state index in [-0.39, 0.29) is 43.0 Å². The Kier molecular flexibility index (Phi) is 5.80. The van der Waals surface area contributed by atoms with Crippen LogP contribution in [-0.4, -0.2) is 70.9 Å². The van der Waals surface area contributed by atoms with Crippen molar-refractivity contribution in [3.05, 3.63) is 35.8 Å². The van der Waals surface area contributed by atoms with E-state index in [2.05, 4.69) is 10.3 Å². The zero-order valence-corrected chi connectivity index (χ0v) is 16.9. The normalized spacial score (nSPS) is 21.5. The van der Waals surface area contributed by atoms with Crippen molar-refractivity contribution < 1.29 is 23.8 Å². The van der Waals surface area contributed by atoms with Crippen LogP contribution in [0.15, 0.2) is 24.3 Å². The fourth-order valence-electron chi connectivity index (χ4n) is 4.29. The van der Waals surface area contributed by atoms with Crippen LogP contribution >= 0.6 is 0 Å². The molecule has 1 saturated carbocycles. The molecular weight excluding hydrogens is 391 g/mol. The van der Waals surface area contributed by atoms with E-state index in [9.17, 15) is 19.1 Å². The molecule has 4 rings (SSSR count). The van der Waals surface area contributed by atoms with Gasteiger partial charge in [0.25, 0.3) is 0 Å². The molecule has 2 aromatic rings. The molecule has 2 heterocycles. The number of aliphatic hydroxyl groups is 1. The topological polar surface area (TPSA) is 97.9 Å². The van der Waals surface area contributed by atoms with Crippen molar-refractivity contribution in [2.24, 2.45) is 5.92 Å². The van der Waals surface area contributed by atoms with Gasteiger partial charge in [-0.15, -0.1) is 0 Å². The number of carbonyl (C=O) groups excluding carboxylic acids is 2. The lowest BCUT2D eigenvalue weighted by Crippen LogP contribution is -2.57. The Morgan fingerprint density at radius 2 is 2.10 bits per heavy atom. The summed E-state index contributed by atoms with van der Waals surface area (Å²) in [4.78, 5) is 31.7. The van der Waals surface area contributed by atoms with Crippen LogP contribution in [0.5, 0.6) is 0 Å². The smallest absolute Gasteiger partial charge is 0.409 e. The van der Waals surface area contributed by atoms with Gasteiger partial charge < -0.3 is 29.9 Å². The number of hydrogen-bond donors (Lipinski definition) is 3. The molecule has 1 aromatic carbocycles. The van der Waals surface area contributed by atoms with Gasteiger partial charge in [-0.2, -0.15) is 0 Å². The van der Waals surface area contributed by atoms with Crippen molar-refractivity contribution >= 4 is 23.0 Å². The second-order valence-electron chi connectivity index (χ2n) is 8.14. The van der Waals surface area contributed by atoms with Crippen LogP contribution in [0.25, 0.3) is 10.9 Å². The Hall–Kier alpha value is -2.81. The molecule has 2 aliphatic rings. The van der Waals surface area contributed by atoms with Crippen molar-refractivity contribution in [1.29, 1.82) is 0 Å². The summed E-state index contributed by atoms with van der Waals surface area (Å²) in [5, 5.41) is 13.4. The molecule has 8 nitrogen and oxygen atoms in total. The summed E-state index contributed by atoms with van der Waals surface area (Å²) in [5.41, 5.74) is 1.60. The van der Waals surface area contributed by atoms with Crippen molar-refractivity contribution in [3.8, 4) is 0 Å². The van der Waals surface area contributed by atoms with Gasteiger partial charge in [-0.25, -0.2) is 14.0 Å². The van der Waals surface area contributed by atoms with Crippen LogP contribution in [0.2, 0.25) is 0 Å².